The topological polar surface area (TPSA) is 318 Å². The molecule has 104 heavy (non-hydrogen) atoms. The van der Waals surface area contributed by atoms with Crippen molar-refractivity contribution in [2.75, 3.05) is 35.9 Å². The predicted molar refractivity (Wildman–Crippen MR) is 352 cm³/mol. The van der Waals surface area contributed by atoms with Gasteiger partial charge in [-0.25, -0.2) is 59.8 Å². The maximum absolute atomic E-state index is 13.1. The van der Waals surface area contributed by atoms with E-state index in [2.05, 4.69) is 101 Å². The quantitative estimate of drug-likeness (QED) is 0.0652. The fourth-order valence-corrected chi connectivity index (χ4v) is 8.97. The molecule has 0 radical (unpaired) electrons. The van der Waals surface area contributed by atoms with E-state index in [1.165, 1.54) is 51.4 Å². The van der Waals surface area contributed by atoms with Gasteiger partial charge in [0.15, 0.2) is 34.6 Å². The number of imidazole rings is 2. The molecule has 40 heteroatoms. The van der Waals surface area contributed by atoms with Gasteiger partial charge in [-0.15, -0.1) is 4.98 Å². The second-order valence-electron chi connectivity index (χ2n) is 21.0. The van der Waals surface area contributed by atoms with Crippen LogP contribution in [0.3, 0.4) is 0 Å². The van der Waals surface area contributed by atoms with Crippen molar-refractivity contribution >= 4 is 91.6 Å². The number of aromatic nitrogens is 18. The molecular weight excluding hydrogens is 1440 g/mol. The zero-order valence-corrected chi connectivity index (χ0v) is 54.6. The van der Waals surface area contributed by atoms with E-state index in [9.17, 15) is 57.5 Å². The number of halogens is 14. The Balaban J connectivity index is 0.000000150. The van der Waals surface area contributed by atoms with Crippen molar-refractivity contribution in [1.29, 1.82) is 0 Å². The van der Waals surface area contributed by atoms with E-state index in [1.807, 2.05) is 13.8 Å². The number of carbonyl (C=O) groups is 1. The number of carbonyl (C=O) groups excluding carboxylic acids is 1. The number of methoxy groups -OCH3 is 2. The molecule has 5 N–H and O–H groups in total. The van der Waals surface area contributed by atoms with Crippen molar-refractivity contribution in [1.82, 2.24) is 88.9 Å². The molecule has 0 aliphatic heterocycles. The summed E-state index contributed by atoms with van der Waals surface area (Å²) in [5, 5.41) is 8.18. The van der Waals surface area contributed by atoms with Crippen LogP contribution in [0, 0.1) is 20.4 Å². The first-order valence-electron chi connectivity index (χ1n) is 29.0. The molecule has 0 aliphatic rings. The van der Waals surface area contributed by atoms with Crippen LogP contribution < -0.4 is 31.2 Å². The first-order chi connectivity index (χ1) is 49.3. The third kappa shape index (κ3) is 18.2. The summed E-state index contributed by atoms with van der Waals surface area (Å²) in [7, 11) is 2.92. The van der Waals surface area contributed by atoms with Crippen LogP contribution in [0.1, 0.15) is 44.1 Å². The van der Waals surface area contributed by atoms with Gasteiger partial charge in [-0.2, -0.15) is 52.7 Å². The second kappa shape index (κ2) is 30.9. The Morgan fingerprint density at radius 1 is 0.471 bits per heavy atom. The van der Waals surface area contributed by atoms with Crippen molar-refractivity contribution in [2.24, 2.45) is 0 Å². The number of fused-ring (bicyclic) bond motifs is 2. The van der Waals surface area contributed by atoms with E-state index in [0.29, 0.717) is 52.1 Å². The third-order valence-electron chi connectivity index (χ3n) is 13.8. The van der Waals surface area contributed by atoms with Gasteiger partial charge in [0.05, 0.1) is 126 Å². The minimum Gasteiger partial charge on any atom is -0.481 e. The van der Waals surface area contributed by atoms with E-state index in [1.54, 1.807) is 70.1 Å². The second-order valence-corrected chi connectivity index (χ2v) is 21.7. The number of nitrogens with one attached hydrogen (secondary N) is 3. The number of ether oxygens (including phenoxy) is 2. The number of nitrogens with zero attached hydrogens (tertiary/aromatic N) is 19. The fourth-order valence-electron chi connectivity index (χ4n) is 8.77. The molecule has 0 spiro atoms. The third-order valence-corrected chi connectivity index (χ3v) is 14.2. The lowest BCUT2D eigenvalue weighted by Gasteiger charge is -2.15. The molecule has 0 aliphatic carbocycles. The summed E-state index contributed by atoms with van der Waals surface area (Å²) in [6.45, 7) is 10.6. The van der Waals surface area contributed by atoms with Crippen LogP contribution in [0.5, 0.6) is 11.8 Å². The number of nitrogen functional groups attached to an aromatic ring is 1. The Hall–Kier alpha value is -12.9. The molecule has 0 unspecified atom stereocenters. The largest absolute Gasteiger partial charge is 0.481 e. The molecule has 13 rings (SSSR count). The Bertz CT molecular complexity index is 5230. The number of anilines is 6. The van der Waals surface area contributed by atoms with E-state index in [4.69, 9.17) is 45.0 Å². The predicted octanol–water partition coefficient (Wildman–Crippen LogP) is 15.2. The number of amides is 1. The van der Waals surface area contributed by atoms with Crippen LogP contribution in [0.2, 0.25) is 10.3 Å². The summed E-state index contributed by atoms with van der Waals surface area (Å²) >= 11 is 11.4. The van der Waals surface area contributed by atoms with Crippen LogP contribution in [0.15, 0.2) is 160 Å². The lowest BCUT2D eigenvalue weighted by molar-refractivity contribution is -0.138. The van der Waals surface area contributed by atoms with Gasteiger partial charge >= 0.3 is 24.7 Å². The molecule has 1 amide bonds. The van der Waals surface area contributed by atoms with Gasteiger partial charge in [-0.3, -0.25) is 28.9 Å². The van der Waals surface area contributed by atoms with E-state index < -0.39 is 52.9 Å². The van der Waals surface area contributed by atoms with Crippen LogP contribution in [0.4, 0.5) is 92.9 Å². The SMILES string of the molecule is COc1ccc(Nc2ncc(C(F)(F)F)cc2N)cn1.COc1ccc(Nc2ncc(C(F)(F)F)cc2NC(=O)c2cnc(Cl)cn2)cn1.Cc1ccc(-n2c(-c3cnc(Cl)cn3)nc3cc(C(F)(F)F)cnc32)cn1.[C-]#[N+]c1cnc(-c2nc3cc(C(F)(F)F)cnc3n2-c2ccc(C)nc2)cn1. The maximum Gasteiger partial charge on any atom is 0.417 e. The number of nitrogens with two attached hydrogens (primary N) is 1. The normalized spacial score (nSPS) is 11.4. The summed E-state index contributed by atoms with van der Waals surface area (Å²) in [6, 6.07) is 16.9. The highest BCUT2D eigenvalue weighted by Gasteiger charge is 2.36. The first-order valence-corrected chi connectivity index (χ1v) is 29.8. The maximum atomic E-state index is 13.1. The molecule has 0 atom stereocenters. The van der Waals surface area contributed by atoms with E-state index >= 15 is 0 Å². The van der Waals surface area contributed by atoms with Gasteiger partial charge in [-0.1, -0.05) is 29.8 Å². The van der Waals surface area contributed by atoms with Gasteiger partial charge in [-0.05, 0) is 74.5 Å². The molecule has 13 aromatic rings. The van der Waals surface area contributed by atoms with Gasteiger partial charge in [0.1, 0.15) is 44.6 Å². The molecule has 13 heterocycles. The van der Waals surface area contributed by atoms with Gasteiger partial charge in [0.25, 0.3) is 11.7 Å². The average Bonchev–Trinajstić information content (AvgIpc) is 1.60. The highest BCUT2D eigenvalue weighted by atomic mass is 35.5. The number of alkyl halides is 12. The minimum absolute atomic E-state index is 0.0276. The highest BCUT2D eigenvalue weighted by molar-refractivity contribution is 6.29. The zero-order valence-electron chi connectivity index (χ0n) is 53.1. The van der Waals surface area contributed by atoms with Gasteiger partial charge < -0.3 is 36.0 Å². The standard InChI is InChI=1S/C18H10F3N7.C17H12ClF3N6O2.C17H10ClF3N6.C12H11F3N4O/c1-10-3-4-12(7-23-10)28-16-13(5-11(6-26-16)18(19,20)21)27-17(28)14-8-25-15(22-2)9-24-14;1-29-14-3-2-10(6-24-14)26-15-11(4-9(5-25-15)17(19,20)21)27-16(28)12-7-23-13(18)8-22-12;1-9-2-3-11(6-22-9)27-15-12(4-10(5-25-15)17(19,20)21)26-16(27)13-7-24-14(18)8-23-13;1-20-10-3-2-8(6-17-10)19-11-9(16)4-7(5-18-11)12(13,14)15/h3-9H,1H3;2-8H,1H3,(H,25,26)(H,27,28);2-8H,1H3;2-6H,16H2,1H3,(H,18,19). The lowest BCUT2D eigenvalue weighted by atomic mass is 10.2. The summed E-state index contributed by atoms with van der Waals surface area (Å²) in [5.74, 6) is 0.718. The Morgan fingerprint density at radius 2 is 0.913 bits per heavy atom. The fraction of sp³-hybridized carbons (Fsp3) is 0.125. The van der Waals surface area contributed by atoms with Crippen molar-refractivity contribution in [2.45, 2.75) is 38.6 Å². The van der Waals surface area contributed by atoms with Gasteiger partial charge in [0.2, 0.25) is 11.8 Å². The first kappa shape index (κ1) is 73.8. The van der Waals surface area contributed by atoms with Crippen LogP contribution in [-0.4, -0.2) is 109 Å². The molecule has 26 nitrogen and oxygen atoms in total. The Labute approximate surface area is 586 Å². The molecular formula is C64H43Cl2F12N23O3. The number of hydrogen-bond donors (Lipinski definition) is 4. The Morgan fingerprint density at radius 3 is 1.31 bits per heavy atom. The average molecular weight is 1480 g/mol. The van der Waals surface area contributed by atoms with Gasteiger partial charge in [0, 0.05) is 48.3 Å². The van der Waals surface area contributed by atoms with Crippen LogP contribution >= 0.6 is 23.2 Å². The number of hydrogen-bond acceptors (Lipinski definition) is 22. The molecule has 0 fully saturated rings. The monoisotopic (exact) mass is 1480 g/mol. The summed E-state index contributed by atoms with van der Waals surface area (Å²) < 4.78 is 168. The number of pyridine rings is 8. The zero-order chi connectivity index (χ0) is 74.8. The minimum atomic E-state index is -4.65. The van der Waals surface area contributed by atoms with Crippen molar-refractivity contribution in [3.8, 4) is 46.2 Å². The highest BCUT2D eigenvalue weighted by Crippen LogP contribution is 2.38. The lowest BCUT2D eigenvalue weighted by Crippen LogP contribution is -2.17. The molecule has 0 saturated carbocycles. The summed E-state index contributed by atoms with van der Waals surface area (Å²) in [4.78, 5) is 79.7. The van der Waals surface area contributed by atoms with Crippen LogP contribution in [-0.2, 0) is 24.7 Å². The van der Waals surface area contributed by atoms with E-state index in [-0.39, 0.29) is 78.8 Å². The van der Waals surface area contributed by atoms with Crippen molar-refractivity contribution < 1.29 is 67.0 Å². The molecule has 0 saturated heterocycles. The Kier molecular flexibility index (Phi) is 21.9. The van der Waals surface area contributed by atoms with E-state index in [0.717, 1.165) is 66.6 Å². The van der Waals surface area contributed by atoms with Crippen LogP contribution in [0.25, 0.3) is 61.6 Å². The number of rotatable bonds is 12. The smallest absolute Gasteiger partial charge is 0.417 e. The summed E-state index contributed by atoms with van der Waals surface area (Å²) in [5.41, 5.74) is 6.32. The molecule has 530 valence electrons. The molecule has 13 aromatic heterocycles. The number of aryl methyl sites for hydroxylation is 2. The van der Waals surface area contributed by atoms with Crippen molar-refractivity contribution in [3.63, 3.8) is 0 Å². The molecule has 0 aromatic carbocycles. The van der Waals surface area contributed by atoms with Crippen molar-refractivity contribution in [3.05, 3.63) is 221 Å². The summed E-state index contributed by atoms with van der Waals surface area (Å²) in [6.07, 6.45) is -1.67. The molecule has 0 bridgehead atoms.